The summed E-state index contributed by atoms with van der Waals surface area (Å²) in [5, 5.41) is 9.26. The van der Waals surface area contributed by atoms with Gasteiger partial charge in [-0.15, -0.1) is 0 Å². The molecule has 2 saturated heterocycles. The van der Waals surface area contributed by atoms with Crippen LogP contribution in [0, 0.1) is 0 Å². The number of pyridine rings is 1. The number of methoxy groups -OCH3 is 2. The van der Waals surface area contributed by atoms with Crippen LogP contribution in [0.15, 0.2) is 53.7 Å². The molecule has 2 aliphatic rings. The third kappa shape index (κ3) is 7.20. The lowest BCUT2D eigenvalue weighted by molar-refractivity contribution is -0.177. The minimum Gasteiger partial charge on any atom is -0.497 e. The van der Waals surface area contributed by atoms with Crippen LogP contribution in [0.4, 0.5) is 5.69 Å². The molecule has 2 fully saturated rings. The predicted molar refractivity (Wildman–Crippen MR) is 161 cm³/mol. The first kappa shape index (κ1) is 34.1. The van der Waals surface area contributed by atoms with E-state index in [2.05, 4.69) is 14.6 Å². The maximum absolute atomic E-state index is 14.2. The van der Waals surface area contributed by atoms with E-state index in [1.165, 1.54) is 36.3 Å². The van der Waals surface area contributed by atoms with Gasteiger partial charge in [-0.3, -0.25) is 24.2 Å². The molecule has 2 atom stereocenters. The molecule has 17 heteroatoms. The number of aliphatic carboxylic acids is 1. The number of anilines is 1. The molecule has 248 valence electrons. The molecule has 1 aromatic carbocycles. The number of carboxylic acid groups (broad SMARTS) is 1. The first-order chi connectivity index (χ1) is 21.8. The zero-order valence-electron chi connectivity index (χ0n) is 25.6. The Labute approximate surface area is 265 Å². The minimum atomic E-state index is -4.42. The summed E-state index contributed by atoms with van der Waals surface area (Å²) >= 11 is 0. The Hall–Kier alpha value is -4.77. The van der Waals surface area contributed by atoms with Crippen molar-refractivity contribution in [3.63, 3.8) is 0 Å². The molecule has 2 aliphatic heterocycles. The van der Waals surface area contributed by atoms with Crippen molar-refractivity contribution in [1.82, 2.24) is 24.4 Å². The largest absolute Gasteiger partial charge is 0.497 e. The van der Waals surface area contributed by atoms with Gasteiger partial charge in [-0.05, 0) is 43.3 Å². The standard InChI is InChI=1S/C29H36N6O10S/c1-29(28(41)45-3)27(40)34(19-25(37)38)16-17-35(29)26(39)23(31-46(42,43)22-6-4-21(44-2)5-7-22)18-24(36)33-14-12-32(13-15-33)20-8-10-30-11-9-20/h4-11,23,31H,12-19H2,1-3H3,(H,37,38). The molecule has 2 aromatic rings. The van der Waals surface area contributed by atoms with Crippen LogP contribution >= 0.6 is 0 Å². The molecule has 3 heterocycles. The lowest BCUT2D eigenvalue weighted by atomic mass is 9.93. The Morgan fingerprint density at radius 2 is 1.61 bits per heavy atom. The zero-order valence-corrected chi connectivity index (χ0v) is 26.4. The fourth-order valence-corrected chi connectivity index (χ4v) is 6.65. The van der Waals surface area contributed by atoms with Gasteiger partial charge in [0.05, 0.1) is 25.5 Å². The first-order valence-electron chi connectivity index (χ1n) is 14.3. The average molecular weight is 661 g/mol. The molecule has 0 aliphatic carbocycles. The monoisotopic (exact) mass is 660 g/mol. The number of carboxylic acids is 1. The van der Waals surface area contributed by atoms with Gasteiger partial charge < -0.3 is 34.2 Å². The number of aromatic nitrogens is 1. The molecule has 0 bridgehead atoms. The van der Waals surface area contributed by atoms with Crippen LogP contribution in [0.5, 0.6) is 5.75 Å². The van der Waals surface area contributed by atoms with Crippen molar-refractivity contribution in [1.29, 1.82) is 0 Å². The SMILES string of the molecule is COC(=O)C1(C)C(=O)N(CC(=O)O)CCN1C(=O)C(CC(=O)N1CCN(c2ccncc2)CC1)NS(=O)(=O)c1ccc(OC)cc1. The molecule has 46 heavy (non-hydrogen) atoms. The van der Waals surface area contributed by atoms with E-state index in [1.807, 2.05) is 12.1 Å². The number of carbonyl (C=O) groups excluding carboxylic acids is 4. The number of ether oxygens (including phenoxy) is 2. The number of hydrogen-bond acceptors (Lipinski definition) is 11. The average Bonchev–Trinajstić information content (AvgIpc) is 3.06. The number of benzene rings is 1. The minimum absolute atomic E-state index is 0.220. The van der Waals surface area contributed by atoms with E-state index in [-0.39, 0.29) is 18.0 Å². The molecular formula is C29H36N6O10S. The lowest BCUT2D eigenvalue weighted by Crippen LogP contribution is -2.72. The molecule has 2 unspecified atom stereocenters. The summed E-state index contributed by atoms with van der Waals surface area (Å²) in [6, 6.07) is 7.29. The molecule has 1 aromatic heterocycles. The fraction of sp³-hybridized carbons (Fsp3) is 0.448. The van der Waals surface area contributed by atoms with Gasteiger partial charge in [0.2, 0.25) is 27.4 Å². The predicted octanol–water partition coefficient (Wildman–Crippen LogP) is -0.837. The molecule has 2 N–H and O–H groups in total. The van der Waals surface area contributed by atoms with Crippen molar-refractivity contribution in [3.05, 3.63) is 48.8 Å². The van der Waals surface area contributed by atoms with E-state index in [0.717, 1.165) is 29.5 Å². The Morgan fingerprint density at radius 3 is 2.17 bits per heavy atom. The Kier molecular flexibility index (Phi) is 10.5. The van der Waals surface area contributed by atoms with Crippen molar-refractivity contribution in [2.45, 2.75) is 29.8 Å². The van der Waals surface area contributed by atoms with Crippen molar-refractivity contribution in [2.24, 2.45) is 0 Å². The highest BCUT2D eigenvalue weighted by atomic mass is 32.2. The van der Waals surface area contributed by atoms with Crippen molar-refractivity contribution in [2.75, 3.05) is 64.9 Å². The quantitative estimate of drug-likeness (QED) is 0.224. The van der Waals surface area contributed by atoms with E-state index in [9.17, 15) is 37.5 Å². The summed E-state index contributed by atoms with van der Waals surface area (Å²) in [7, 11) is -2.01. The normalized spacial score (nSPS) is 19.4. The van der Waals surface area contributed by atoms with E-state index in [1.54, 1.807) is 12.4 Å². The number of carbonyl (C=O) groups is 5. The molecule has 0 radical (unpaired) electrons. The van der Waals surface area contributed by atoms with Crippen LogP contribution in [0.1, 0.15) is 13.3 Å². The molecule has 0 spiro atoms. The van der Waals surface area contributed by atoms with E-state index in [4.69, 9.17) is 9.47 Å². The van der Waals surface area contributed by atoms with Gasteiger partial charge >= 0.3 is 11.9 Å². The number of nitrogens with zero attached hydrogens (tertiary/aromatic N) is 5. The van der Waals surface area contributed by atoms with Gasteiger partial charge in [0.1, 0.15) is 18.3 Å². The Bertz CT molecular complexity index is 1560. The lowest BCUT2D eigenvalue weighted by Gasteiger charge is -2.46. The topological polar surface area (TPSA) is 196 Å². The number of piperazine rings is 2. The highest BCUT2D eigenvalue weighted by Gasteiger charge is 2.56. The van der Waals surface area contributed by atoms with Gasteiger partial charge in [-0.1, -0.05) is 0 Å². The van der Waals surface area contributed by atoms with Gasteiger partial charge in [-0.2, -0.15) is 4.72 Å². The number of nitrogens with one attached hydrogen (secondary N) is 1. The van der Waals surface area contributed by atoms with Crippen molar-refractivity contribution in [3.8, 4) is 5.75 Å². The Morgan fingerprint density at radius 1 is 0.978 bits per heavy atom. The van der Waals surface area contributed by atoms with Gasteiger partial charge in [-0.25, -0.2) is 13.2 Å². The van der Waals surface area contributed by atoms with Crippen LogP contribution < -0.4 is 14.4 Å². The first-order valence-corrected chi connectivity index (χ1v) is 15.8. The maximum atomic E-state index is 14.2. The molecule has 4 rings (SSSR count). The highest BCUT2D eigenvalue weighted by molar-refractivity contribution is 7.89. The summed E-state index contributed by atoms with van der Waals surface area (Å²) in [5.41, 5.74) is -1.40. The number of sulfonamides is 1. The van der Waals surface area contributed by atoms with Crippen LogP contribution in [-0.2, 0) is 38.7 Å². The van der Waals surface area contributed by atoms with Crippen LogP contribution in [0.25, 0.3) is 0 Å². The van der Waals surface area contributed by atoms with Crippen LogP contribution in [0.2, 0.25) is 0 Å². The van der Waals surface area contributed by atoms with Gasteiger partial charge in [0.15, 0.2) is 0 Å². The summed E-state index contributed by atoms with van der Waals surface area (Å²) < 4.78 is 39.2. The van der Waals surface area contributed by atoms with Crippen LogP contribution in [-0.4, -0.2) is 134 Å². The Balaban J connectivity index is 1.62. The van der Waals surface area contributed by atoms with Gasteiger partial charge in [0, 0.05) is 57.3 Å². The fourth-order valence-electron chi connectivity index (χ4n) is 5.46. The number of rotatable bonds is 11. The summed E-state index contributed by atoms with van der Waals surface area (Å²) in [6.07, 6.45) is 2.70. The van der Waals surface area contributed by atoms with E-state index in [0.29, 0.717) is 31.9 Å². The summed E-state index contributed by atoms with van der Waals surface area (Å²) in [6.45, 7) is 1.32. The summed E-state index contributed by atoms with van der Waals surface area (Å²) in [4.78, 5) is 74.7. The third-order valence-electron chi connectivity index (χ3n) is 8.02. The second-order valence-corrected chi connectivity index (χ2v) is 12.5. The maximum Gasteiger partial charge on any atom is 0.341 e. The third-order valence-corrected chi connectivity index (χ3v) is 9.50. The molecular weight excluding hydrogens is 624 g/mol. The van der Waals surface area contributed by atoms with Crippen molar-refractivity contribution >= 4 is 45.4 Å². The van der Waals surface area contributed by atoms with E-state index >= 15 is 0 Å². The van der Waals surface area contributed by atoms with Crippen molar-refractivity contribution < 1.29 is 47.0 Å². The summed E-state index contributed by atoms with van der Waals surface area (Å²) in [5.74, 6) is -4.68. The number of amides is 3. The molecule has 3 amide bonds. The smallest absolute Gasteiger partial charge is 0.341 e. The van der Waals surface area contributed by atoms with Gasteiger partial charge in [0.25, 0.3) is 5.91 Å². The molecule has 16 nitrogen and oxygen atoms in total. The number of hydrogen-bond donors (Lipinski definition) is 2. The zero-order chi connectivity index (χ0) is 33.6. The second kappa shape index (κ2) is 14.1. The number of esters is 1. The van der Waals surface area contributed by atoms with E-state index < -0.39 is 64.2 Å². The van der Waals surface area contributed by atoms with Crippen LogP contribution in [0.3, 0.4) is 0 Å². The highest BCUT2D eigenvalue weighted by Crippen LogP contribution is 2.27. The molecule has 0 saturated carbocycles. The second-order valence-electron chi connectivity index (χ2n) is 10.8.